The van der Waals surface area contributed by atoms with Crippen LogP contribution in [0.1, 0.15) is 38.9 Å². The monoisotopic (exact) mass is 342 g/mol. The number of hydrogen-bond acceptors (Lipinski definition) is 5. The number of anilines is 1. The van der Waals surface area contributed by atoms with E-state index in [2.05, 4.69) is 10.4 Å². The molecule has 0 aliphatic carbocycles. The van der Waals surface area contributed by atoms with Crippen LogP contribution in [0, 0.1) is 13.8 Å². The molecule has 0 aliphatic rings. The Hall–Kier alpha value is -3.42. The number of rotatable bonds is 4. The highest BCUT2D eigenvalue weighted by Gasteiger charge is 2.18. The summed E-state index contributed by atoms with van der Waals surface area (Å²) in [6.07, 6.45) is 1.19. The number of carboxylic acid groups (broad SMARTS) is 1. The molecule has 0 bridgehead atoms. The van der Waals surface area contributed by atoms with Crippen LogP contribution in [0.15, 0.2) is 30.0 Å². The van der Waals surface area contributed by atoms with Crippen molar-refractivity contribution in [2.45, 2.75) is 20.8 Å². The average molecular weight is 342 g/mol. The van der Waals surface area contributed by atoms with Crippen molar-refractivity contribution in [2.75, 3.05) is 5.73 Å². The number of nitrogens with zero attached hydrogens (tertiary/aromatic N) is 2. The molecule has 1 amide bonds. The first-order valence-electron chi connectivity index (χ1n) is 7.39. The number of amides is 1. The van der Waals surface area contributed by atoms with Gasteiger partial charge < -0.3 is 16.2 Å². The molecule has 130 valence electrons. The highest BCUT2D eigenvalue weighted by atomic mass is 16.4. The van der Waals surface area contributed by atoms with E-state index in [9.17, 15) is 19.5 Å². The first-order valence-corrected chi connectivity index (χ1v) is 7.39. The minimum atomic E-state index is -1.34. The Morgan fingerprint density at radius 1 is 1.20 bits per heavy atom. The van der Waals surface area contributed by atoms with E-state index in [1.165, 1.54) is 13.0 Å². The van der Waals surface area contributed by atoms with Gasteiger partial charge in [-0.25, -0.2) is 4.79 Å². The van der Waals surface area contributed by atoms with E-state index in [4.69, 9.17) is 5.73 Å². The lowest BCUT2D eigenvalue weighted by Gasteiger charge is -2.07. The van der Waals surface area contributed by atoms with Gasteiger partial charge in [-0.15, -0.1) is 0 Å². The normalized spacial score (nSPS) is 11.2. The smallest absolute Gasteiger partial charge is 0.352 e. The third-order valence-electron chi connectivity index (χ3n) is 3.52. The predicted octanol–water partition coefficient (Wildman–Crippen LogP) is 1.60. The van der Waals surface area contributed by atoms with Gasteiger partial charge in [0.05, 0.1) is 5.69 Å². The standard InChI is InChI=1S/C17H18N4O4/c1-9-4-6-12(7-5-9)16(23)19-14(17(24)25)8-13-10(2)20-21(11(3)22)15(13)18/h4-8H,18H2,1-3H3,(H,19,23)(H,24,25)/b14-8+. The maximum atomic E-state index is 12.2. The fourth-order valence-corrected chi connectivity index (χ4v) is 2.17. The van der Waals surface area contributed by atoms with E-state index >= 15 is 0 Å². The van der Waals surface area contributed by atoms with Crippen LogP contribution in [0.2, 0.25) is 0 Å². The molecule has 1 aromatic heterocycles. The lowest BCUT2D eigenvalue weighted by atomic mass is 10.1. The van der Waals surface area contributed by atoms with E-state index in [1.54, 1.807) is 31.2 Å². The molecule has 0 radical (unpaired) electrons. The number of aliphatic carboxylic acids is 1. The van der Waals surface area contributed by atoms with Gasteiger partial charge in [-0.05, 0) is 32.1 Å². The molecule has 1 aromatic carbocycles. The minimum absolute atomic E-state index is 0.00772. The van der Waals surface area contributed by atoms with Gasteiger partial charge in [-0.1, -0.05) is 17.7 Å². The van der Waals surface area contributed by atoms with E-state index in [-0.39, 0.29) is 17.1 Å². The Kier molecular flexibility index (Phi) is 5.02. The number of hydrogen-bond donors (Lipinski definition) is 3. The summed E-state index contributed by atoms with van der Waals surface area (Å²) in [5.41, 5.74) is 7.40. The van der Waals surface area contributed by atoms with Crippen LogP contribution in [0.25, 0.3) is 6.08 Å². The number of carbonyl (C=O) groups excluding carboxylic acids is 2. The number of aryl methyl sites for hydroxylation is 2. The highest BCUT2D eigenvalue weighted by Crippen LogP contribution is 2.19. The fourth-order valence-electron chi connectivity index (χ4n) is 2.17. The predicted molar refractivity (Wildman–Crippen MR) is 91.9 cm³/mol. The van der Waals surface area contributed by atoms with Gasteiger partial charge in [0.25, 0.3) is 5.91 Å². The van der Waals surface area contributed by atoms with Gasteiger partial charge >= 0.3 is 5.97 Å². The quantitative estimate of drug-likeness (QED) is 0.724. The van der Waals surface area contributed by atoms with Crippen molar-refractivity contribution in [3.63, 3.8) is 0 Å². The van der Waals surface area contributed by atoms with Crippen molar-refractivity contribution in [2.24, 2.45) is 0 Å². The molecule has 1 heterocycles. The number of benzene rings is 1. The summed E-state index contributed by atoms with van der Waals surface area (Å²) in [5, 5.41) is 15.7. The third kappa shape index (κ3) is 3.92. The molecule has 0 aliphatic heterocycles. The molecule has 0 fully saturated rings. The van der Waals surface area contributed by atoms with Gasteiger partial charge in [0.1, 0.15) is 11.5 Å². The van der Waals surface area contributed by atoms with Gasteiger partial charge in [0.2, 0.25) is 5.91 Å². The van der Waals surface area contributed by atoms with Crippen molar-refractivity contribution in [3.05, 3.63) is 52.3 Å². The second kappa shape index (κ2) is 7.00. The van der Waals surface area contributed by atoms with Crippen LogP contribution in [-0.4, -0.2) is 32.7 Å². The maximum Gasteiger partial charge on any atom is 0.352 e. The maximum absolute atomic E-state index is 12.2. The third-order valence-corrected chi connectivity index (χ3v) is 3.52. The molecular weight excluding hydrogens is 324 g/mol. The Morgan fingerprint density at radius 2 is 1.80 bits per heavy atom. The van der Waals surface area contributed by atoms with Crippen LogP contribution in [0.3, 0.4) is 0 Å². The number of carboxylic acids is 1. The minimum Gasteiger partial charge on any atom is -0.477 e. The lowest BCUT2D eigenvalue weighted by molar-refractivity contribution is -0.132. The molecule has 0 atom stereocenters. The van der Waals surface area contributed by atoms with E-state index in [0.717, 1.165) is 10.2 Å². The molecule has 8 heteroatoms. The molecule has 0 saturated heterocycles. The van der Waals surface area contributed by atoms with Crippen molar-refractivity contribution >= 4 is 29.7 Å². The van der Waals surface area contributed by atoms with Gasteiger partial charge in [-0.2, -0.15) is 9.78 Å². The Bertz CT molecular complexity index is 879. The zero-order chi connectivity index (χ0) is 18.7. The lowest BCUT2D eigenvalue weighted by Crippen LogP contribution is -2.27. The van der Waals surface area contributed by atoms with E-state index in [1.807, 2.05) is 6.92 Å². The summed E-state index contributed by atoms with van der Waals surface area (Å²) in [5.74, 6) is -2.30. The number of carbonyl (C=O) groups is 3. The zero-order valence-electron chi connectivity index (χ0n) is 14.0. The summed E-state index contributed by atoms with van der Waals surface area (Å²) in [6.45, 7) is 4.75. The van der Waals surface area contributed by atoms with Crippen molar-refractivity contribution < 1.29 is 19.5 Å². The fraction of sp³-hybridized carbons (Fsp3) is 0.176. The van der Waals surface area contributed by atoms with Crippen LogP contribution in [0.4, 0.5) is 5.82 Å². The number of nitrogens with two attached hydrogens (primary N) is 1. The SMILES string of the molecule is CC(=O)n1nc(C)c(/C=C(/NC(=O)c2ccc(C)cc2)C(=O)O)c1N. The molecule has 8 nitrogen and oxygen atoms in total. The Labute approximate surface area is 143 Å². The number of nitrogen functional groups attached to an aromatic ring is 1. The summed E-state index contributed by atoms with van der Waals surface area (Å²) in [7, 11) is 0. The molecule has 2 rings (SSSR count). The second-order valence-electron chi connectivity index (χ2n) is 5.50. The number of aromatic nitrogens is 2. The van der Waals surface area contributed by atoms with Gasteiger partial charge in [-0.3, -0.25) is 9.59 Å². The van der Waals surface area contributed by atoms with Crippen LogP contribution in [-0.2, 0) is 4.79 Å². The summed E-state index contributed by atoms with van der Waals surface area (Å²) < 4.78 is 0.975. The highest BCUT2D eigenvalue weighted by molar-refractivity contribution is 6.03. The Balaban J connectivity index is 2.37. The number of nitrogens with one attached hydrogen (secondary N) is 1. The van der Waals surface area contributed by atoms with Crippen molar-refractivity contribution in [1.29, 1.82) is 0 Å². The van der Waals surface area contributed by atoms with Crippen LogP contribution < -0.4 is 11.1 Å². The molecule has 0 unspecified atom stereocenters. The van der Waals surface area contributed by atoms with Gasteiger partial charge in [0, 0.05) is 18.1 Å². The first kappa shape index (κ1) is 17.9. The largest absolute Gasteiger partial charge is 0.477 e. The first-order chi connectivity index (χ1) is 11.7. The summed E-state index contributed by atoms with van der Waals surface area (Å²) in [4.78, 5) is 35.1. The van der Waals surface area contributed by atoms with Crippen LogP contribution >= 0.6 is 0 Å². The molecular formula is C17H18N4O4. The molecule has 25 heavy (non-hydrogen) atoms. The zero-order valence-corrected chi connectivity index (χ0v) is 14.0. The van der Waals surface area contributed by atoms with Gasteiger partial charge in [0.15, 0.2) is 0 Å². The summed E-state index contributed by atoms with van der Waals surface area (Å²) >= 11 is 0. The molecule has 0 saturated carbocycles. The molecule has 2 aromatic rings. The van der Waals surface area contributed by atoms with Crippen molar-refractivity contribution in [1.82, 2.24) is 15.1 Å². The topological polar surface area (TPSA) is 127 Å². The van der Waals surface area contributed by atoms with Crippen LogP contribution in [0.5, 0.6) is 0 Å². The Morgan fingerprint density at radius 3 is 2.28 bits per heavy atom. The molecule has 4 N–H and O–H groups in total. The molecule has 0 spiro atoms. The average Bonchev–Trinajstić information content (AvgIpc) is 2.82. The summed E-state index contributed by atoms with van der Waals surface area (Å²) in [6, 6.07) is 6.69. The second-order valence-corrected chi connectivity index (χ2v) is 5.50. The van der Waals surface area contributed by atoms with E-state index < -0.39 is 17.8 Å². The van der Waals surface area contributed by atoms with E-state index in [0.29, 0.717) is 11.3 Å². The van der Waals surface area contributed by atoms with Crippen molar-refractivity contribution in [3.8, 4) is 0 Å².